The summed E-state index contributed by atoms with van der Waals surface area (Å²) in [5, 5.41) is 3.44. The van der Waals surface area contributed by atoms with Crippen LogP contribution in [0.1, 0.15) is 25.3 Å². The van der Waals surface area contributed by atoms with Crippen molar-refractivity contribution in [2.45, 2.75) is 31.8 Å². The molecule has 1 aromatic carbocycles. The second-order valence-electron chi connectivity index (χ2n) is 6.20. The molecule has 1 fully saturated rings. The Morgan fingerprint density at radius 3 is 2.87 bits per heavy atom. The van der Waals surface area contributed by atoms with Crippen LogP contribution in [-0.2, 0) is 15.9 Å². The van der Waals surface area contributed by atoms with Gasteiger partial charge in [0, 0.05) is 51.9 Å². The summed E-state index contributed by atoms with van der Waals surface area (Å²) in [7, 11) is 1.79. The van der Waals surface area contributed by atoms with E-state index in [0.29, 0.717) is 6.54 Å². The van der Waals surface area contributed by atoms with Crippen molar-refractivity contribution >= 4 is 11.6 Å². The first-order chi connectivity index (χ1) is 11.3. The van der Waals surface area contributed by atoms with Crippen LogP contribution in [0.4, 0.5) is 5.69 Å². The lowest BCUT2D eigenvalue weighted by Crippen LogP contribution is -2.45. The third-order valence-corrected chi connectivity index (χ3v) is 4.83. The molecule has 3 rings (SSSR count). The number of hydrogen-bond donors (Lipinski definition) is 1. The van der Waals surface area contributed by atoms with Gasteiger partial charge in [0.2, 0.25) is 0 Å². The largest absolute Gasteiger partial charge is 0.381 e. The quantitative estimate of drug-likeness (QED) is 0.683. The molecule has 23 heavy (non-hydrogen) atoms. The maximum atomic E-state index is 5.81. The van der Waals surface area contributed by atoms with Crippen LogP contribution in [0.25, 0.3) is 0 Å². The van der Waals surface area contributed by atoms with Gasteiger partial charge in [-0.05, 0) is 25.0 Å². The van der Waals surface area contributed by atoms with Gasteiger partial charge in [0.25, 0.3) is 0 Å². The van der Waals surface area contributed by atoms with Gasteiger partial charge in [0.15, 0.2) is 5.96 Å². The molecule has 0 amide bonds. The number of guanidine groups is 1. The number of ether oxygens (including phenoxy) is 2. The lowest BCUT2D eigenvalue weighted by atomic mass is 9.94. The van der Waals surface area contributed by atoms with Crippen LogP contribution < -0.4 is 10.2 Å². The van der Waals surface area contributed by atoms with Gasteiger partial charge in [-0.25, -0.2) is 4.99 Å². The third kappa shape index (κ3) is 3.51. The highest BCUT2D eigenvalue weighted by atomic mass is 16.5. The number of nitrogens with one attached hydrogen (secondary N) is 1. The van der Waals surface area contributed by atoms with Gasteiger partial charge in [-0.3, -0.25) is 0 Å². The van der Waals surface area contributed by atoms with Gasteiger partial charge in [0.05, 0.1) is 12.1 Å². The predicted molar refractivity (Wildman–Crippen MR) is 93.3 cm³/mol. The molecule has 1 aromatic rings. The fourth-order valence-corrected chi connectivity index (χ4v) is 3.34. The number of para-hydroxylation sites is 1. The molecule has 0 aromatic heterocycles. The topological polar surface area (TPSA) is 46.1 Å². The van der Waals surface area contributed by atoms with Crippen LogP contribution in [0, 0.1) is 0 Å². The Balaban J connectivity index is 1.79. The number of hydrogen-bond acceptors (Lipinski definition) is 3. The number of benzene rings is 1. The van der Waals surface area contributed by atoms with Crippen molar-refractivity contribution in [3.05, 3.63) is 29.8 Å². The summed E-state index contributed by atoms with van der Waals surface area (Å²) < 4.78 is 11.3. The van der Waals surface area contributed by atoms with Crippen LogP contribution in [-0.4, -0.2) is 51.5 Å². The first kappa shape index (κ1) is 16.3. The van der Waals surface area contributed by atoms with E-state index in [1.807, 2.05) is 0 Å². The first-order valence-corrected chi connectivity index (χ1v) is 8.55. The van der Waals surface area contributed by atoms with Gasteiger partial charge in [-0.1, -0.05) is 18.2 Å². The van der Waals surface area contributed by atoms with Gasteiger partial charge >= 0.3 is 0 Å². The molecule has 0 bridgehead atoms. The molecule has 0 atom stereocenters. The van der Waals surface area contributed by atoms with Crippen molar-refractivity contribution in [2.24, 2.45) is 4.99 Å². The minimum atomic E-state index is -0.182. The zero-order chi connectivity index (χ0) is 16.1. The molecule has 0 radical (unpaired) electrons. The van der Waals surface area contributed by atoms with E-state index < -0.39 is 0 Å². The predicted octanol–water partition coefficient (Wildman–Crippen LogP) is 2.21. The van der Waals surface area contributed by atoms with Crippen molar-refractivity contribution in [2.75, 3.05) is 44.9 Å². The van der Waals surface area contributed by atoms with E-state index in [-0.39, 0.29) is 5.60 Å². The Morgan fingerprint density at radius 1 is 1.35 bits per heavy atom. The second kappa shape index (κ2) is 7.32. The Morgan fingerprint density at radius 2 is 2.13 bits per heavy atom. The average molecular weight is 317 g/mol. The highest BCUT2D eigenvalue weighted by Crippen LogP contribution is 2.28. The summed E-state index contributed by atoms with van der Waals surface area (Å²) in [4.78, 5) is 7.21. The number of nitrogens with zero attached hydrogens (tertiary/aromatic N) is 2. The number of anilines is 1. The second-order valence-corrected chi connectivity index (χ2v) is 6.20. The summed E-state index contributed by atoms with van der Waals surface area (Å²) in [5.41, 5.74) is 2.48. The Kier molecular flexibility index (Phi) is 5.18. The number of rotatable bonds is 4. The van der Waals surface area contributed by atoms with Crippen molar-refractivity contribution in [1.29, 1.82) is 0 Å². The SMILES string of the molecule is CCNC(=NCC1(OC)CCOCC1)N1CCc2ccccc21. The van der Waals surface area contributed by atoms with E-state index in [1.165, 1.54) is 11.3 Å². The maximum absolute atomic E-state index is 5.81. The van der Waals surface area contributed by atoms with Crippen molar-refractivity contribution in [3.8, 4) is 0 Å². The number of fused-ring (bicyclic) bond motifs is 1. The zero-order valence-electron chi connectivity index (χ0n) is 14.2. The van der Waals surface area contributed by atoms with E-state index in [4.69, 9.17) is 14.5 Å². The minimum absolute atomic E-state index is 0.182. The van der Waals surface area contributed by atoms with E-state index >= 15 is 0 Å². The fraction of sp³-hybridized carbons (Fsp3) is 0.611. The van der Waals surface area contributed by atoms with Crippen molar-refractivity contribution in [1.82, 2.24) is 5.32 Å². The minimum Gasteiger partial charge on any atom is -0.381 e. The first-order valence-electron chi connectivity index (χ1n) is 8.55. The number of aliphatic imine (C=N–C) groups is 1. The normalized spacial score (nSPS) is 20.4. The monoisotopic (exact) mass is 317 g/mol. The van der Waals surface area contributed by atoms with E-state index in [0.717, 1.165) is 51.5 Å². The number of methoxy groups -OCH3 is 1. The standard InChI is InChI=1S/C18H27N3O2/c1-3-19-17(20-14-18(22-2)9-12-23-13-10-18)21-11-8-15-6-4-5-7-16(15)21/h4-7H,3,8-14H2,1-2H3,(H,19,20). The molecule has 1 N–H and O–H groups in total. The molecule has 2 aliphatic rings. The van der Waals surface area contributed by atoms with Gasteiger partial charge in [-0.15, -0.1) is 0 Å². The molecule has 0 unspecified atom stereocenters. The van der Waals surface area contributed by atoms with Crippen LogP contribution in [0.2, 0.25) is 0 Å². The smallest absolute Gasteiger partial charge is 0.198 e. The molecule has 1 saturated heterocycles. The summed E-state index contributed by atoms with van der Waals surface area (Å²) >= 11 is 0. The molecule has 5 heteroatoms. The van der Waals surface area contributed by atoms with E-state index in [2.05, 4.69) is 41.4 Å². The summed E-state index contributed by atoms with van der Waals surface area (Å²) in [5.74, 6) is 0.959. The molecule has 0 aliphatic carbocycles. The Labute approximate surface area is 138 Å². The third-order valence-electron chi connectivity index (χ3n) is 4.83. The van der Waals surface area contributed by atoms with Gasteiger partial charge in [0.1, 0.15) is 0 Å². The molecular formula is C18H27N3O2. The molecule has 0 spiro atoms. The van der Waals surface area contributed by atoms with E-state index in [1.54, 1.807) is 7.11 Å². The van der Waals surface area contributed by atoms with Gasteiger partial charge < -0.3 is 19.7 Å². The summed E-state index contributed by atoms with van der Waals surface area (Å²) in [6, 6.07) is 8.58. The molecule has 126 valence electrons. The van der Waals surface area contributed by atoms with E-state index in [9.17, 15) is 0 Å². The van der Waals surface area contributed by atoms with Crippen LogP contribution >= 0.6 is 0 Å². The van der Waals surface area contributed by atoms with Gasteiger partial charge in [-0.2, -0.15) is 0 Å². The van der Waals surface area contributed by atoms with Crippen molar-refractivity contribution in [3.63, 3.8) is 0 Å². The maximum Gasteiger partial charge on any atom is 0.198 e. The molecule has 5 nitrogen and oxygen atoms in total. The Hall–Kier alpha value is -1.59. The fourth-order valence-electron chi connectivity index (χ4n) is 3.34. The average Bonchev–Trinajstić information content (AvgIpc) is 3.03. The van der Waals surface area contributed by atoms with Crippen LogP contribution in [0.15, 0.2) is 29.3 Å². The zero-order valence-corrected chi connectivity index (χ0v) is 14.2. The van der Waals surface area contributed by atoms with Crippen molar-refractivity contribution < 1.29 is 9.47 Å². The van der Waals surface area contributed by atoms with Crippen LogP contribution in [0.5, 0.6) is 0 Å². The highest BCUT2D eigenvalue weighted by molar-refractivity contribution is 5.98. The summed E-state index contributed by atoms with van der Waals surface area (Å²) in [6.45, 7) is 6.14. The lowest BCUT2D eigenvalue weighted by Gasteiger charge is -2.35. The molecule has 2 heterocycles. The Bertz CT molecular complexity index is 553. The highest BCUT2D eigenvalue weighted by Gasteiger charge is 2.33. The van der Waals surface area contributed by atoms with Crippen LogP contribution in [0.3, 0.4) is 0 Å². The molecule has 0 saturated carbocycles. The lowest BCUT2D eigenvalue weighted by molar-refractivity contribution is -0.0828. The molecule has 2 aliphatic heterocycles. The summed E-state index contributed by atoms with van der Waals surface area (Å²) in [6.07, 6.45) is 2.88. The molecular weight excluding hydrogens is 290 g/mol.